The number of alkyl halides is 1. The minimum atomic E-state index is -0.273. The summed E-state index contributed by atoms with van der Waals surface area (Å²) in [6.45, 7) is 8.88. The lowest BCUT2D eigenvalue weighted by molar-refractivity contribution is 0.282. The zero-order valence-corrected chi connectivity index (χ0v) is 29.5. The van der Waals surface area contributed by atoms with Crippen molar-refractivity contribution in [2.45, 2.75) is 65.9 Å². The van der Waals surface area contributed by atoms with Gasteiger partial charge in [0.2, 0.25) is 0 Å². The quantitative estimate of drug-likeness (QED) is 0.189. The second-order valence-corrected chi connectivity index (χ2v) is 14.1. The molecule has 6 rings (SSSR count). The fourth-order valence-electron chi connectivity index (χ4n) is 6.88. The smallest absolute Gasteiger partial charge is 0.131 e. The van der Waals surface area contributed by atoms with Gasteiger partial charge >= 0.3 is 0 Å². The third kappa shape index (κ3) is 7.38. The molecular formula is C42H47ClF2O3. The third-order valence-electron chi connectivity index (χ3n) is 9.71. The monoisotopic (exact) mass is 674 g/mol. The van der Waals surface area contributed by atoms with E-state index in [1.165, 1.54) is 23.3 Å². The van der Waals surface area contributed by atoms with E-state index in [4.69, 9.17) is 21.1 Å². The summed E-state index contributed by atoms with van der Waals surface area (Å²) >= 11 is 6.04. The Morgan fingerprint density at radius 2 is 1.06 bits per heavy atom. The zero-order valence-electron chi connectivity index (χ0n) is 28.7. The number of methoxy groups -OCH3 is 2. The highest BCUT2D eigenvalue weighted by atomic mass is 35.5. The second-order valence-electron chi connectivity index (χ2n) is 13.8. The van der Waals surface area contributed by atoms with Crippen molar-refractivity contribution in [2.75, 3.05) is 14.2 Å². The van der Waals surface area contributed by atoms with Crippen LogP contribution >= 0.6 is 11.6 Å². The molecule has 0 spiro atoms. The standard InChI is InChI=1S/C21H22ClFO.C21H23FO2.H2/c1-21(2)10-4-5-19(21)17-11-14(13-22)6-8-16(17)18-12-15(24-3)7-9-20(18)23;1-21(2)10-4-5-19(21)17-11-14(13-23)6-8-16(17)18-12-15(24-3)7-9-20(18)22;/h5-9,11-12H,4,10,13H2,1-3H3;5-9,11-12,23H,4,10,13H2,1-3H3;1H/i;;1+2. The maximum atomic E-state index is 14.5. The Kier molecular flexibility index (Phi) is 10.8. The minimum absolute atomic E-state index is 0. The molecule has 0 aliphatic heterocycles. The molecule has 6 heteroatoms. The van der Waals surface area contributed by atoms with E-state index in [-0.39, 0.29) is 30.5 Å². The van der Waals surface area contributed by atoms with Crippen LogP contribution in [0.2, 0.25) is 0 Å². The highest BCUT2D eigenvalue weighted by Crippen LogP contribution is 2.49. The number of hydrogen-bond acceptors (Lipinski definition) is 3. The van der Waals surface area contributed by atoms with Crippen LogP contribution in [0.4, 0.5) is 8.78 Å². The van der Waals surface area contributed by atoms with Gasteiger partial charge in [-0.25, -0.2) is 8.78 Å². The van der Waals surface area contributed by atoms with Crippen molar-refractivity contribution in [3.8, 4) is 33.8 Å². The molecule has 0 bridgehead atoms. The Morgan fingerprint density at radius 1 is 0.625 bits per heavy atom. The van der Waals surface area contributed by atoms with Gasteiger partial charge in [-0.2, -0.15) is 0 Å². The van der Waals surface area contributed by atoms with Crippen molar-refractivity contribution in [3.05, 3.63) is 119 Å². The Bertz CT molecular complexity index is 1730. The van der Waals surface area contributed by atoms with Crippen LogP contribution < -0.4 is 9.47 Å². The summed E-state index contributed by atoms with van der Waals surface area (Å²) in [5.41, 5.74) is 9.37. The van der Waals surface area contributed by atoms with Gasteiger partial charge < -0.3 is 14.6 Å². The SMILES string of the molecule is COc1ccc(F)c(-c2ccc(CCl)cc2C2=CCCC2(C)C)c1.COc1ccc(F)c(-c2ccc(CO)cc2C2=CCCC2(C)C)c1.[3HH]. The molecule has 0 radical (unpaired) electrons. The predicted molar refractivity (Wildman–Crippen MR) is 196 cm³/mol. The normalized spacial score (nSPS) is 16.1. The van der Waals surface area contributed by atoms with E-state index in [1.807, 2.05) is 30.3 Å². The summed E-state index contributed by atoms with van der Waals surface area (Å²) in [6, 6.07) is 21.4. The van der Waals surface area contributed by atoms with E-state index in [0.717, 1.165) is 59.1 Å². The van der Waals surface area contributed by atoms with Gasteiger partial charge in [0, 0.05) is 18.4 Å². The molecule has 4 aromatic carbocycles. The maximum absolute atomic E-state index is 14.5. The molecule has 0 heterocycles. The first-order chi connectivity index (χ1) is 22.9. The van der Waals surface area contributed by atoms with E-state index in [0.29, 0.717) is 28.5 Å². The van der Waals surface area contributed by atoms with Crippen molar-refractivity contribution in [2.24, 2.45) is 10.8 Å². The maximum Gasteiger partial charge on any atom is 0.131 e. The highest BCUT2D eigenvalue weighted by molar-refractivity contribution is 6.17. The summed E-state index contributed by atoms with van der Waals surface area (Å²) in [5.74, 6) is 1.21. The van der Waals surface area contributed by atoms with Crippen LogP contribution in [0.25, 0.3) is 33.4 Å². The van der Waals surface area contributed by atoms with Crippen molar-refractivity contribution in [3.63, 3.8) is 0 Å². The van der Waals surface area contributed by atoms with Crippen molar-refractivity contribution < 1.29 is 24.8 Å². The van der Waals surface area contributed by atoms with Gasteiger partial charge in [0.15, 0.2) is 0 Å². The number of aliphatic hydroxyl groups excluding tert-OH is 1. The third-order valence-corrected chi connectivity index (χ3v) is 10.0. The van der Waals surface area contributed by atoms with E-state index >= 15 is 0 Å². The van der Waals surface area contributed by atoms with Gasteiger partial charge in [0.25, 0.3) is 0 Å². The number of ether oxygens (including phenoxy) is 2. The lowest BCUT2D eigenvalue weighted by Crippen LogP contribution is -2.10. The lowest BCUT2D eigenvalue weighted by atomic mass is 9.79. The molecule has 0 aromatic heterocycles. The summed E-state index contributed by atoms with van der Waals surface area (Å²) in [4.78, 5) is 0. The van der Waals surface area contributed by atoms with Crippen LogP contribution in [-0.2, 0) is 12.5 Å². The van der Waals surface area contributed by atoms with Crippen molar-refractivity contribution in [1.82, 2.24) is 0 Å². The number of aliphatic hydroxyl groups is 1. The molecule has 0 unspecified atom stereocenters. The first-order valence-electron chi connectivity index (χ1n) is 16.4. The summed E-state index contributed by atoms with van der Waals surface area (Å²) < 4.78 is 39.6. The Balaban J connectivity index is 0.000000216. The van der Waals surface area contributed by atoms with Gasteiger partial charge in [0.1, 0.15) is 23.1 Å². The number of rotatable bonds is 8. The van der Waals surface area contributed by atoms with Gasteiger partial charge in [-0.3, -0.25) is 0 Å². The summed E-state index contributed by atoms with van der Waals surface area (Å²) in [7, 11) is 3.17. The first-order valence-corrected chi connectivity index (χ1v) is 17.0. The fraction of sp³-hybridized carbons (Fsp3) is 0.333. The van der Waals surface area contributed by atoms with Crippen LogP contribution in [0.15, 0.2) is 84.9 Å². The van der Waals surface area contributed by atoms with Gasteiger partial charge in [-0.15, -0.1) is 11.6 Å². The zero-order chi connectivity index (χ0) is 34.6. The van der Waals surface area contributed by atoms with Crippen LogP contribution in [-0.4, -0.2) is 19.3 Å². The van der Waals surface area contributed by atoms with E-state index < -0.39 is 0 Å². The fourth-order valence-corrected chi connectivity index (χ4v) is 7.05. The van der Waals surface area contributed by atoms with Crippen molar-refractivity contribution in [1.29, 1.82) is 0 Å². The van der Waals surface area contributed by atoms with Crippen LogP contribution in [0, 0.1) is 22.5 Å². The molecule has 0 saturated heterocycles. The van der Waals surface area contributed by atoms with E-state index in [9.17, 15) is 13.9 Å². The number of allylic oxidation sites excluding steroid dienone is 4. The first kappa shape index (κ1) is 35.4. The van der Waals surface area contributed by atoms with Crippen LogP contribution in [0.5, 0.6) is 11.5 Å². The summed E-state index contributed by atoms with van der Waals surface area (Å²) in [6.07, 6.45) is 8.76. The van der Waals surface area contributed by atoms with Gasteiger partial charge in [-0.1, -0.05) is 64.1 Å². The average Bonchev–Trinajstić information content (AvgIpc) is 3.64. The Hall–Kier alpha value is -3.93. The molecule has 2 aliphatic rings. The second kappa shape index (κ2) is 14.7. The predicted octanol–water partition coefficient (Wildman–Crippen LogP) is 11.9. The number of halogens is 3. The van der Waals surface area contributed by atoms with Crippen LogP contribution in [0.3, 0.4) is 0 Å². The molecule has 48 heavy (non-hydrogen) atoms. The highest BCUT2D eigenvalue weighted by Gasteiger charge is 2.31. The molecule has 2 aliphatic carbocycles. The Labute approximate surface area is 290 Å². The molecule has 3 nitrogen and oxygen atoms in total. The minimum Gasteiger partial charge on any atom is -0.497 e. The Morgan fingerprint density at radius 3 is 1.44 bits per heavy atom. The largest absolute Gasteiger partial charge is 0.497 e. The molecular weight excluding hydrogens is 626 g/mol. The molecule has 1 N–H and O–H groups in total. The molecule has 0 atom stereocenters. The molecule has 0 saturated carbocycles. The molecule has 254 valence electrons. The van der Waals surface area contributed by atoms with E-state index in [1.54, 1.807) is 38.5 Å². The van der Waals surface area contributed by atoms with E-state index in [2.05, 4.69) is 45.9 Å². The topological polar surface area (TPSA) is 38.7 Å². The van der Waals surface area contributed by atoms with Crippen molar-refractivity contribution >= 4 is 22.7 Å². The van der Waals surface area contributed by atoms with Crippen LogP contribution in [0.1, 0.15) is 77.1 Å². The number of benzene rings is 4. The lowest BCUT2D eigenvalue weighted by Gasteiger charge is -2.25. The molecule has 0 amide bonds. The average molecular weight is 675 g/mol. The van der Waals surface area contributed by atoms with Gasteiger partial charge in [0.05, 0.1) is 20.8 Å². The number of hydrogen-bond donors (Lipinski definition) is 1. The molecule has 4 aromatic rings. The van der Waals surface area contributed by atoms with Gasteiger partial charge in [-0.05, 0) is 130 Å². The molecule has 0 fully saturated rings. The summed E-state index contributed by atoms with van der Waals surface area (Å²) in [5, 5.41) is 9.52.